The Hall–Kier alpha value is -0.580. The van der Waals surface area contributed by atoms with Crippen LogP contribution in [0.3, 0.4) is 0 Å². The quantitative estimate of drug-likeness (QED) is 0.861. The third kappa shape index (κ3) is 2.02. The first kappa shape index (κ1) is 10.9. The lowest BCUT2D eigenvalue weighted by atomic mass is 10.1. The smallest absolute Gasteiger partial charge is 0.123 e. The topological polar surface area (TPSA) is 47.3 Å². The van der Waals surface area contributed by atoms with E-state index in [0.717, 1.165) is 19.4 Å². The Morgan fingerprint density at radius 3 is 3.20 bits per heavy atom. The molecule has 1 N–H and O–H groups in total. The second kappa shape index (κ2) is 4.51. The van der Waals surface area contributed by atoms with E-state index in [0.29, 0.717) is 17.3 Å². The molecule has 2 heterocycles. The summed E-state index contributed by atoms with van der Waals surface area (Å²) in [6.45, 7) is 3.39. The molecule has 1 aromatic heterocycles. The number of aliphatic hydroxyl groups is 1. The summed E-state index contributed by atoms with van der Waals surface area (Å²) in [7, 11) is 0. The van der Waals surface area contributed by atoms with Gasteiger partial charge in [-0.05, 0) is 19.8 Å². The fourth-order valence-corrected chi connectivity index (χ4v) is 2.20. The van der Waals surface area contributed by atoms with Crippen LogP contribution in [-0.2, 0) is 11.3 Å². The first-order valence-corrected chi connectivity index (χ1v) is 5.62. The number of nitrogens with zero attached hydrogens (tertiary/aromatic N) is 2. The van der Waals surface area contributed by atoms with Crippen molar-refractivity contribution in [1.29, 1.82) is 0 Å². The molecule has 0 spiro atoms. The molecule has 1 aliphatic heterocycles. The molecular formula is C10H15ClN2O2. The van der Waals surface area contributed by atoms with Gasteiger partial charge in [-0.1, -0.05) is 11.6 Å². The summed E-state index contributed by atoms with van der Waals surface area (Å²) in [6, 6.07) is 0. The van der Waals surface area contributed by atoms with E-state index in [9.17, 15) is 5.11 Å². The Labute approximate surface area is 93.8 Å². The molecular weight excluding hydrogens is 216 g/mol. The van der Waals surface area contributed by atoms with Crippen molar-refractivity contribution in [1.82, 2.24) is 9.78 Å². The molecule has 0 saturated carbocycles. The molecule has 0 aliphatic carbocycles. The number of hydrogen-bond acceptors (Lipinski definition) is 3. The number of aliphatic hydroxyl groups excluding tert-OH is 1. The average Bonchev–Trinajstić information content (AvgIpc) is 2.85. The van der Waals surface area contributed by atoms with E-state index in [1.165, 1.54) is 0 Å². The first-order chi connectivity index (χ1) is 7.24. The zero-order chi connectivity index (χ0) is 10.8. The van der Waals surface area contributed by atoms with Gasteiger partial charge in [0, 0.05) is 13.2 Å². The minimum Gasteiger partial charge on any atom is -0.384 e. The van der Waals surface area contributed by atoms with Crippen molar-refractivity contribution >= 4 is 11.6 Å². The molecule has 1 aliphatic rings. The summed E-state index contributed by atoms with van der Waals surface area (Å²) in [6.07, 6.45) is 2.65. The first-order valence-electron chi connectivity index (χ1n) is 5.25. The van der Waals surface area contributed by atoms with E-state index in [2.05, 4.69) is 5.10 Å². The molecule has 0 amide bonds. The standard InChI is InChI=1S/C10H15ClN2O2/c1-2-13-9(7(11)6-12-13)10(14)8-4-3-5-15-8/h6,8,10,14H,2-5H2,1H3. The molecule has 0 bridgehead atoms. The summed E-state index contributed by atoms with van der Waals surface area (Å²) in [5.41, 5.74) is 0.672. The molecule has 1 aromatic rings. The van der Waals surface area contributed by atoms with Crippen molar-refractivity contribution in [3.8, 4) is 0 Å². The highest BCUT2D eigenvalue weighted by atomic mass is 35.5. The van der Waals surface area contributed by atoms with Crippen molar-refractivity contribution in [3.63, 3.8) is 0 Å². The van der Waals surface area contributed by atoms with Gasteiger partial charge in [0.15, 0.2) is 0 Å². The van der Waals surface area contributed by atoms with Gasteiger partial charge in [0.1, 0.15) is 6.10 Å². The van der Waals surface area contributed by atoms with Crippen LogP contribution in [0.15, 0.2) is 6.20 Å². The minimum absolute atomic E-state index is 0.135. The predicted octanol–water partition coefficient (Wildman–Crippen LogP) is 1.77. The molecule has 2 rings (SSSR count). The van der Waals surface area contributed by atoms with E-state index in [1.54, 1.807) is 10.9 Å². The van der Waals surface area contributed by atoms with E-state index >= 15 is 0 Å². The molecule has 0 radical (unpaired) electrons. The monoisotopic (exact) mass is 230 g/mol. The molecule has 4 nitrogen and oxygen atoms in total. The molecule has 5 heteroatoms. The molecule has 2 atom stereocenters. The van der Waals surface area contributed by atoms with Gasteiger partial charge in [0.2, 0.25) is 0 Å². The summed E-state index contributed by atoms with van der Waals surface area (Å²) < 4.78 is 7.16. The van der Waals surface area contributed by atoms with Crippen molar-refractivity contribution in [2.45, 2.75) is 38.5 Å². The predicted molar refractivity (Wildman–Crippen MR) is 56.8 cm³/mol. The Morgan fingerprint density at radius 1 is 1.80 bits per heavy atom. The molecule has 15 heavy (non-hydrogen) atoms. The molecule has 84 valence electrons. The number of ether oxygens (including phenoxy) is 1. The molecule has 2 unspecified atom stereocenters. The van der Waals surface area contributed by atoms with Crippen LogP contribution in [0, 0.1) is 0 Å². The van der Waals surface area contributed by atoms with E-state index in [4.69, 9.17) is 16.3 Å². The van der Waals surface area contributed by atoms with Crippen molar-refractivity contribution in [2.24, 2.45) is 0 Å². The lowest BCUT2D eigenvalue weighted by molar-refractivity contribution is -0.00682. The lowest BCUT2D eigenvalue weighted by Crippen LogP contribution is -2.20. The van der Waals surface area contributed by atoms with Gasteiger partial charge < -0.3 is 9.84 Å². The zero-order valence-electron chi connectivity index (χ0n) is 8.69. The van der Waals surface area contributed by atoms with E-state index < -0.39 is 6.10 Å². The van der Waals surface area contributed by atoms with Crippen LogP contribution in [0.25, 0.3) is 0 Å². The van der Waals surface area contributed by atoms with Crippen LogP contribution in [0.4, 0.5) is 0 Å². The third-order valence-corrected chi connectivity index (χ3v) is 3.02. The second-order valence-electron chi connectivity index (χ2n) is 3.69. The Bertz CT molecular complexity index is 334. The Balaban J connectivity index is 2.22. The van der Waals surface area contributed by atoms with Crippen LogP contribution < -0.4 is 0 Å². The summed E-state index contributed by atoms with van der Waals surface area (Å²) in [5, 5.41) is 14.7. The molecule has 1 fully saturated rings. The number of hydrogen-bond donors (Lipinski definition) is 1. The zero-order valence-corrected chi connectivity index (χ0v) is 9.44. The normalized spacial score (nSPS) is 23.3. The SMILES string of the molecule is CCn1ncc(Cl)c1C(O)C1CCCO1. The van der Waals surface area contributed by atoms with Crippen LogP contribution in [0.2, 0.25) is 5.02 Å². The average molecular weight is 231 g/mol. The van der Waals surface area contributed by atoms with Gasteiger partial charge in [0.05, 0.1) is 23.0 Å². The Kier molecular flexibility index (Phi) is 3.29. The summed E-state index contributed by atoms with van der Waals surface area (Å²) in [5.74, 6) is 0. The number of aryl methyl sites for hydroxylation is 1. The van der Waals surface area contributed by atoms with Crippen LogP contribution in [0.5, 0.6) is 0 Å². The second-order valence-corrected chi connectivity index (χ2v) is 4.10. The highest BCUT2D eigenvalue weighted by Crippen LogP contribution is 2.30. The summed E-state index contributed by atoms with van der Waals surface area (Å²) in [4.78, 5) is 0. The molecule has 1 saturated heterocycles. The van der Waals surface area contributed by atoms with Gasteiger partial charge in [-0.25, -0.2) is 0 Å². The van der Waals surface area contributed by atoms with Gasteiger partial charge in [0.25, 0.3) is 0 Å². The van der Waals surface area contributed by atoms with Crippen LogP contribution in [-0.4, -0.2) is 27.6 Å². The number of rotatable bonds is 3. The van der Waals surface area contributed by atoms with Gasteiger partial charge in [-0.15, -0.1) is 0 Å². The Morgan fingerprint density at radius 2 is 2.60 bits per heavy atom. The highest BCUT2D eigenvalue weighted by Gasteiger charge is 2.29. The minimum atomic E-state index is -0.664. The maximum Gasteiger partial charge on any atom is 0.123 e. The fraction of sp³-hybridized carbons (Fsp3) is 0.700. The van der Waals surface area contributed by atoms with Gasteiger partial charge >= 0.3 is 0 Å². The van der Waals surface area contributed by atoms with Crippen LogP contribution in [0.1, 0.15) is 31.6 Å². The van der Waals surface area contributed by atoms with Gasteiger partial charge in [-0.3, -0.25) is 4.68 Å². The van der Waals surface area contributed by atoms with E-state index in [1.807, 2.05) is 6.92 Å². The van der Waals surface area contributed by atoms with Crippen molar-refractivity contribution < 1.29 is 9.84 Å². The lowest BCUT2D eigenvalue weighted by Gasteiger charge is -2.18. The van der Waals surface area contributed by atoms with Crippen molar-refractivity contribution in [2.75, 3.05) is 6.61 Å². The maximum atomic E-state index is 10.1. The van der Waals surface area contributed by atoms with Crippen LogP contribution >= 0.6 is 11.6 Å². The fourth-order valence-electron chi connectivity index (χ4n) is 1.95. The molecule has 0 aromatic carbocycles. The van der Waals surface area contributed by atoms with Gasteiger partial charge in [-0.2, -0.15) is 5.10 Å². The maximum absolute atomic E-state index is 10.1. The van der Waals surface area contributed by atoms with Crippen molar-refractivity contribution in [3.05, 3.63) is 16.9 Å². The van der Waals surface area contributed by atoms with E-state index in [-0.39, 0.29) is 6.10 Å². The third-order valence-electron chi connectivity index (χ3n) is 2.73. The number of halogens is 1. The highest BCUT2D eigenvalue weighted by molar-refractivity contribution is 6.31. The number of aromatic nitrogens is 2. The summed E-state index contributed by atoms with van der Waals surface area (Å²) >= 11 is 6.00. The largest absolute Gasteiger partial charge is 0.384 e.